The van der Waals surface area contributed by atoms with Gasteiger partial charge in [-0.05, 0) is 44.5 Å². The Bertz CT molecular complexity index is 820. The lowest BCUT2D eigenvalue weighted by molar-refractivity contribution is 0.345. The number of hydrogen-bond donors (Lipinski definition) is 1. The molecule has 0 bridgehead atoms. The summed E-state index contributed by atoms with van der Waals surface area (Å²) in [7, 11) is 1.69. The number of rotatable bonds is 3. The molecular weight excluding hydrogens is 356 g/mol. The van der Waals surface area contributed by atoms with Gasteiger partial charge in [0.1, 0.15) is 0 Å². The first kappa shape index (κ1) is 19.7. The number of ether oxygens (including phenoxy) is 1. The van der Waals surface area contributed by atoms with Crippen molar-refractivity contribution < 1.29 is 4.74 Å². The van der Waals surface area contributed by atoms with E-state index in [1.807, 2.05) is 30.3 Å². The molecule has 0 radical (unpaired) electrons. The molecule has 1 aliphatic rings. The van der Waals surface area contributed by atoms with Crippen molar-refractivity contribution in [3.63, 3.8) is 0 Å². The molecule has 0 spiro atoms. The molecule has 2 aromatic carbocycles. The van der Waals surface area contributed by atoms with Crippen LogP contribution >= 0.6 is 11.6 Å². The van der Waals surface area contributed by atoms with Gasteiger partial charge in [0.05, 0.1) is 12.8 Å². The average Bonchev–Trinajstić information content (AvgIpc) is 2.81. The summed E-state index contributed by atoms with van der Waals surface area (Å²) >= 11 is 6.07. The Morgan fingerprint density at radius 2 is 1.70 bits per heavy atom. The van der Waals surface area contributed by atoms with Crippen LogP contribution in [0.2, 0.25) is 5.02 Å². The Morgan fingerprint density at radius 1 is 1.04 bits per heavy atom. The van der Waals surface area contributed by atoms with E-state index in [0.717, 1.165) is 28.6 Å². The molecule has 0 fully saturated rings. The van der Waals surface area contributed by atoms with E-state index in [4.69, 9.17) is 21.3 Å². The summed E-state index contributed by atoms with van der Waals surface area (Å²) in [5.41, 5.74) is 3.18. The third kappa shape index (κ3) is 5.21. The number of halogens is 1. The lowest BCUT2D eigenvalue weighted by Gasteiger charge is -2.32. The Kier molecular flexibility index (Phi) is 6.03. The van der Waals surface area contributed by atoms with Gasteiger partial charge in [-0.25, -0.2) is 4.99 Å². The molecule has 0 amide bonds. The van der Waals surface area contributed by atoms with Crippen molar-refractivity contribution in [1.29, 1.82) is 0 Å². The topological polar surface area (TPSA) is 33.6 Å². The zero-order chi connectivity index (χ0) is 19.4. The third-order valence-electron chi connectivity index (χ3n) is 4.61. The van der Waals surface area contributed by atoms with Crippen LogP contribution in [0.4, 0.5) is 0 Å². The Balaban J connectivity index is 2.07. The molecule has 0 aliphatic carbocycles. The number of benzene rings is 2. The number of nitrogens with zero attached hydrogens (tertiary/aromatic N) is 1. The molecular formula is C23H27ClN2O. The van der Waals surface area contributed by atoms with Gasteiger partial charge in [-0.3, -0.25) is 0 Å². The monoisotopic (exact) mass is 382 g/mol. The van der Waals surface area contributed by atoms with Crippen molar-refractivity contribution in [2.75, 3.05) is 7.11 Å². The van der Waals surface area contributed by atoms with Crippen LogP contribution < -0.4 is 5.32 Å². The molecule has 3 nitrogen and oxygen atoms in total. The molecule has 1 heterocycles. The van der Waals surface area contributed by atoms with Crippen LogP contribution in [0.15, 0.2) is 65.7 Å². The molecule has 0 saturated carbocycles. The van der Waals surface area contributed by atoms with Gasteiger partial charge in [-0.15, -0.1) is 0 Å². The molecule has 3 rings (SSSR count). The second-order valence-corrected chi connectivity index (χ2v) is 8.35. The molecule has 0 saturated heterocycles. The smallest absolute Gasteiger partial charge is 0.188 e. The number of hydrogen-bond acceptors (Lipinski definition) is 3. The van der Waals surface area contributed by atoms with Gasteiger partial charge in [-0.2, -0.15) is 0 Å². The molecule has 0 aromatic heterocycles. The highest BCUT2D eigenvalue weighted by Gasteiger charge is 2.30. The van der Waals surface area contributed by atoms with E-state index in [9.17, 15) is 0 Å². The van der Waals surface area contributed by atoms with Gasteiger partial charge in [-0.1, -0.05) is 54.1 Å². The predicted octanol–water partition coefficient (Wildman–Crippen LogP) is 5.67. The normalized spacial score (nSPS) is 20.5. The zero-order valence-electron chi connectivity index (χ0n) is 16.4. The van der Waals surface area contributed by atoms with Crippen molar-refractivity contribution >= 4 is 23.2 Å². The SMILES string of the molecule is COC1=NC(c2ccc(Cl)cc2)=C[C@H](NC(C)(C)C)[C@@H](c2ccccc2)C1. The van der Waals surface area contributed by atoms with Crippen molar-refractivity contribution in [1.82, 2.24) is 5.32 Å². The fourth-order valence-electron chi connectivity index (χ4n) is 3.40. The third-order valence-corrected chi connectivity index (χ3v) is 4.87. The van der Waals surface area contributed by atoms with Crippen molar-refractivity contribution in [2.45, 2.75) is 44.7 Å². The summed E-state index contributed by atoms with van der Waals surface area (Å²) in [4.78, 5) is 4.82. The molecule has 0 unspecified atom stereocenters. The van der Waals surface area contributed by atoms with Gasteiger partial charge < -0.3 is 10.1 Å². The van der Waals surface area contributed by atoms with Crippen LogP contribution in [0.3, 0.4) is 0 Å². The van der Waals surface area contributed by atoms with Crippen LogP contribution in [0.25, 0.3) is 5.70 Å². The van der Waals surface area contributed by atoms with E-state index in [1.165, 1.54) is 5.56 Å². The zero-order valence-corrected chi connectivity index (χ0v) is 17.1. The minimum atomic E-state index is -0.0309. The van der Waals surface area contributed by atoms with E-state index in [1.54, 1.807) is 7.11 Å². The molecule has 4 heteroatoms. The Hall–Kier alpha value is -2.10. The summed E-state index contributed by atoms with van der Waals surface area (Å²) in [5, 5.41) is 4.49. The first-order chi connectivity index (χ1) is 12.9. The van der Waals surface area contributed by atoms with E-state index in [0.29, 0.717) is 0 Å². The largest absolute Gasteiger partial charge is 0.484 e. The van der Waals surface area contributed by atoms with Gasteiger partial charge in [0.25, 0.3) is 0 Å². The van der Waals surface area contributed by atoms with Gasteiger partial charge in [0.15, 0.2) is 5.90 Å². The summed E-state index contributed by atoms with van der Waals surface area (Å²) in [6.07, 6.45) is 2.96. The van der Waals surface area contributed by atoms with Crippen molar-refractivity contribution in [2.24, 2.45) is 4.99 Å². The average molecular weight is 383 g/mol. The van der Waals surface area contributed by atoms with E-state index in [2.05, 4.69) is 56.4 Å². The maximum absolute atomic E-state index is 6.07. The molecule has 2 aromatic rings. The predicted molar refractivity (Wildman–Crippen MR) is 114 cm³/mol. The highest BCUT2D eigenvalue weighted by Crippen LogP contribution is 2.32. The highest BCUT2D eigenvalue weighted by molar-refractivity contribution is 6.30. The first-order valence-corrected chi connectivity index (χ1v) is 9.65. The van der Waals surface area contributed by atoms with E-state index < -0.39 is 0 Å². The minimum absolute atomic E-state index is 0.0309. The minimum Gasteiger partial charge on any atom is -0.484 e. The fourth-order valence-corrected chi connectivity index (χ4v) is 3.52. The Labute approximate surface area is 167 Å². The van der Waals surface area contributed by atoms with E-state index in [-0.39, 0.29) is 17.5 Å². The highest BCUT2D eigenvalue weighted by atomic mass is 35.5. The van der Waals surface area contributed by atoms with Gasteiger partial charge in [0, 0.05) is 34.5 Å². The molecule has 27 heavy (non-hydrogen) atoms. The standard InChI is InChI=1S/C23H27ClN2O/c1-23(2,3)26-21-15-20(17-10-12-18(24)13-11-17)25-22(27-4)14-19(21)16-8-6-5-7-9-16/h5-13,15,19,21,26H,14H2,1-4H3/t19-,21+/m1/s1. The molecule has 1 aliphatic heterocycles. The molecule has 142 valence electrons. The van der Waals surface area contributed by atoms with Crippen molar-refractivity contribution in [3.05, 3.63) is 76.8 Å². The maximum Gasteiger partial charge on any atom is 0.188 e. The van der Waals surface area contributed by atoms with Crippen LogP contribution in [0.5, 0.6) is 0 Å². The number of methoxy groups -OCH3 is 1. The van der Waals surface area contributed by atoms with E-state index >= 15 is 0 Å². The first-order valence-electron chi connectivity index (χ1n) is 9.28. The summed E-state index contributed by atoms with van der Waals surface area (Å²) in [6, 6.07) is 18.5. The second-order valence-electron chi connectivity index (χ2n) is 7.91. The Morgan fingerprint density at radius 3 is 2.30 bits per heavy atom. The lowest BCUT2D eigenvalue weighted by atomic mass is 9.86. The van der Waals surface area contributed by atoms with Crippen LogP contribution in [0.1, 0.15) is 44.2 Å². The maximum atomic E-state index is 6.07. The molecule has 2 atom stereocenters. The van der Waals surface area contributed by atoms with Crippen LogP contribution in [0, 0.1) is 0 Å². The summed E-state index contributed by atoms with van der Waals surface area (Å²) in [6.45, 7) is 6.56. The lowest BCUT2D eigenvalue weighted by Crippen LogP contribution is -2.45. The summed E-state index contributed by atoms with van der Waals surface area (Å²) < 4.78 is 5.63. The van der Waals surface area contributed by atoms with Crippen LogP contribution in [-0.2, 0) is 4.74 Å². The molecule has 1 N–H and O–H groups in total. The van der Waals surface area contributed by atoms with Gasteiger partial charge in [0.2, 0.25) is 0 Å². The quantitative estimate of drug-likeness (QED) is 0.741. The van der Waals surface area contributed by atoms with Crippen LogP contribution in [-0.4, -0.2) is 24.6 Å². The fraction of sp³-hybridized carbons (Fsp3) is 0.348. The van der Waals surface area contributed by atoms with Gasteiger partial charge >= 0.3 is 0 Å². The van der Waals surface area contributed by atoms with Crippen molar-refractivity contribution in [3.8, 4) is 0 Å². The second kappa shape index (κ2) is 8.28. The summed E-state index contributed by atoms with van der Waals surface area (Å²) in [5.74, 6) is 0.970. The number of aliphatic imine (C=N–C) groups is 1. The number of nitrogens with one attached hydrogen (secondary N) is 1.